The Kier molecular flexibility index (Phi) is 4.16. The van der Waals surface area contributed by atoms with Gasteiger partial charge >= 0.3 is 0 Å². The number of carbonyl (C=O) groups is 1. The highest BCUT2D eigenvalue weighted by Gasteiger charge is 2.27. The SMILES string of the molecule is CC(C)C(=O)NC(C)(C)CC(C)(C)C.[HH]. The number of amides is 1. The van der Waals surface area contributed by atoms with Gasteiger partial charge in [-0.3, -0.25) is 4.79 Å². The van der Waals surface area contributed by atoms with Crippen molar-refractivity contribution in [2.24, 2.45) is 11.3 Å². The van der Waals surface area contributed by atoms with Crippen LogP contribution in [0.25, 0.3) is 0 Å². The average molecular weight is 201 g/mol. The van der Waals surface area contributed by atoms with Crippen molar-refractivity contribution in [2.75, 3.05) is 0 Å². The largest absolute Gasteiger partial charge is 0.351 e. The molecule has 0 atom stereocenters. The van der Waals surface area contributed by atoms with E-state index in [1.807, 2.05) is 13.8 Å². The molecule has 0 bridgehead atoms. The van der Waals surface area contributed by atoms with Gasteiger partial charge in [-0.1, -0.05) is 34.6 Å². The normalized spacial score (nSPS) is 13.1. The molecule has 0 aliphatic heterocycles. The van der Waals surface area contributed by atoms with Crippen LogP contribution in [0.15, 0.2) is 0 Å². The number of hydrogen-bond acceptors (Lipinski definition) is 1. The maximum atomic E-state index is 11.5. The van der Waals surface area contributed by atoms with Crippen molar-refractivity contribution in [3.63, 3.8) is 0 Å². The summed E-state index contributed by atoms with van der Waals surface area (Å²) in [6, 6.07) is 0. The predicted octanol–water partition coefficient (Wildman–Crippen LogP) is 3.22. The van der Waals surface area contributed by atoms with Crippen LogP contribution in [-0.4, -0.2) is 11.4 Å². The van der Waals surface area contributed by atoms with Crippen LogP contribution < -0.4 is 5.32 Å². The van der Waals surface area contributed by atoms with E-state index in [0.717, 1.165) is 6.42 Å². The van der Waals surface area contributed by atoms with Gasteiger partial charge in [0.1, 0.15) is 0 Å². The van der Waals surface area contributed by atoms with Gasteiger partial charge in [0.05, 0.1) is 0 Å². The minimum atomic E-state index is -0.112. The second kappa shape index (κ2) is 4.33. The van der Waals surface area contributed by atoms with Crippen molar-refractivity contribution < 1.29 is 6.22 Å². The zero-order chi connectivity index (χ0) is 11.6. The van der Waals surface area contributed by atoms with Gasteiger partial charge in [-0.05, 0) is 25.7 Å². The van der Waals surface area contributed by atoms with Crippen LogP contribution in [0.1, 0.15) is 56.3 Å². The molecular weight excluding hydrogens is 174 g/mol. The molecule has 0 saturated carbocycles. The van der Waals surface area contributed by atoms with Crippen LogP contribution in [0.2, 0.25) is 0 Å². The predicted molar refractivity (Wildman–Crippen MR) is 63.2 cm³/mol. The fourth-order valence-electron chi connectivity index (χ4n) is 1.85. The van der Waals surface area contributed by atoms with E-state index in [9.17, 15) is 4.79 Å². The molecule has 0 radical (unpaired) electrons. The first-order valence-electron chi connectivity index (χ1n) is 5.35. The van der Waals surface area contributed by atoms with E-state index in [0.29, 0.717) is 0 Å². The van der Waals surface area contributed by atoms with Crippen LogP contribution >= 0.6 is 0 Å². The lowest BCUT2D eigenvalue weighted by Crippen LogP contribution is -2.47. The third-order valence-corrected chi connectivity index (χ3v) is 1.96. The Bertz CT molecular complexity index is 204. The summed E-state index contributed by atoms with van der Waals surface area (Å²) in [5.41, 5.74) is 0.132. The molecule has 0 aliphatic carbocycles. The van der Waals surface area contributed by atoms with Gasteiger partial charge in [0, 0.05) is 12.9 Å². The molecule has 0 unspecified atom stereocenters. The second-order valence-corrected chi connectivity index (χ2v) is 6.27. The maximum absolute atomic E-state index is 11.5. The summed E-state index contributed by atoms with van der Waals surface area (Å²) in [5, 5.41) is 3.07. The lowest BCUT2D eigenvalue weighted by Gasteiger charge is -2.33. The van der Waals surface area contributed by atoms with Crippen LogP contribution in [0.4, 0.5) is 0 Å². The van der Waals surface area contributed by atoms with Crippen molar-refractivity contribution >= 4 is 5.91 Å². The van der Waals surface area contributed by atoms with E-state index in [2.05, 4.69) is 39.9 Å². The molecule has 0 aliphatic rings. The number of hydrogen-bond donors (Lipinski definition) is 1. The van der Waals surface area contributed by atoms with Crippen molar-refractivity contribution in [1.29, 1.82) is 0 Å². The van der Waals surface area contributed by atoms with E-state index < -0.39 is 0 Å². The summed E-state index contributed by atoms with van der Waals surface area (Å²) in [6.45, 7) is 14.6. The lowest BCUT2D eigenvalue weighted by atomic mass is 9.81. The summed E-state index contributed by atoms with van der Waals surface area (Å²) in [6.07, 6.45) is 0.985. The van der Waals surface area contributed by atoms with E-state index in [1.54, 1.807) is 0 Å². The maximum Gasteiger partial charge on any atom is 0.222 e. The smallest absolute Gasteiger partial charge is 0.222 e. The summed E-state index contributed by atoms with van der Waals surface area (Å²) in [4.78, 5) is 11.5. The van der Waals surface area contributed by atoms with Crippen LogP contribution in [0.5, 0.6) is 0 Å². The van der Waals surface area contributed by atoms with Gasteiger partial charge in [0.2, 0.25) is 5.91 Å². The zero-order valence-electron chi connectivity index (χ0n) is 10.7. The molecule has 86 valence electrons. The summed E-state index contributed by atoms with van der Waals surface area (Å²) >= 11 is 0. The molecule has 2 heteroatoms. The third-order valence-electron chi connectivity index (χ3n) is 1.96. The highest BCUT2D eigenvalue weighted by molar-refractivity contribution is 5.78. The van der Waals surface area contributed by atoms with Gasteiger partial charge in [-0.15, -0.1) is 0 Å². The molecule has 0 spiro atoms. The molecular formula is C12H27NO. The van der Waals surface area contributed by atoms with Crippen molar-refractivity contribution in [3.05, 3.63) is 0 Å². The summed E-state index contributed by atoms with van der Waals surface area (Å²) in [7, 11) is 0. The second-order valence-electron chi connectivity index (χ2n) is 6.27. The Morgan fingerprint density at radius 1 is 1.21 bits per heavy atom. The van der Waals surface area contributed by atoms with E-state index in [1.165, 1.54) is 0 Å². The van der Waals surface area contributed by atoms with E-state index in [-0.39, 0.29) is 24.2 Å². The van der Waals surface area contributed by atoms with E-state index in [4.69, 9.17) is 0 Å². The highest BCUT2D eigenvalue weighted by atomic mass is 16.2. The number of rotatable bonds is 3. The topological polar surface area (TPSA) is 29.1 Å². The molecule has 0 aromatic rings. The van der Waals surface area contributed by atoms with Gasteiger partial charge in [-0.2, -0.15) is 0 Å². The highest BCUT2D eigenvalue weighted by Crippen LogP contribution is 2.26. The molecule has 1 amide bonds. The Morgan fingerprint density at radius 2 is 1.64 bits per heavy atom. The molecule has 0 aromatic heterocycles. The molecule has 2 nitrogen and oxygen atoms in total. The Hall–Kier alpha value is -0.530. The minimum absolute atomic E-state index is 0. The minimum Gasteiger partial charge on any atom is -0.351 e. The fraction of sp³-hybridized carbons (Fsp3) is 0.917. The molecule has 1 N–H and O–H groups in total. The first-order chi connectivity index (χ1) is 6.03. The fourth-order valence-corrected chi connectivity index (χ4v) is 1.85. The first kappa shape index (κ1) is 13.5. The summed E-state index contributed by atoms with van der Waals surface area (Å²) < 4.78 is 0. The van der Waals surface area contributed by atoms with Crippen molar-refractivity contribution in [1.82, 2.24) is 5.32 Å². The Balaban J connectivity index is 0. The quantitative estimate of drug-likeness (QED) is 0.746. The number of nitrogens with one attached hydrogen (secondary N) is 1. The molecule has 0 heterocycles. The third kappa shape index (κ3) is 6.01. The average Bonchev–Trinajstić information content (AvgIpc) is 1.78. The molecule has 0 saturated heterocycles. The van der Waals surface area contributed by atoms with Crippen LogP contribution in [0.3, 0.4) is 0 Å². The van der Waals surface area contributed by atoms with Gasteiger partial charge in [0.15, 0.2) is 0 Å². The van der Waals surface area contributed by atoms with Gasteiger partial charge in [0.25, 0.3) is 0 Å². The molecule has 14 heavy (non-hydrogen) atoms. The summed E-state index contributed by atoms with van der Waals surface area (Å²) in [5.74, 6) is 0.202. The zero-order valence-corrected chi connectivity index (χ0v) is 10.7. The van der Waals surface area contributed by atoms with Crippen LogP contribution in [-0.2, 0) is 4.79 Å². The number of carbonyl (C=O) groups excluding carboxylic acids is 1. The monoisotopic (exact) mass is 201 g/mol. The molecule has 0 rings (SSSR count). The van der Waals surface area contributed by atoms with E-state index >= 15 is 0 Å². The first-order valence-corrected chi connectivity index (χ1v) is 5.35. The molecule has 0 fully saturated rings. The Labute approximate surface area is 89.9 Å². The van der Waals surface area contributed by atoms with Crippen molar-refractivity contribution in [3.8, 4) is 0 Å². The van der Waals surface area contributed by atoms with Crippen LogP contribution in [0, 0.1) is 11.3 Å². The lowest BCUT2D eigenvalue weighted by molar-refractivity contribution is -0.125. The van der Waals surface area contributed by atoms with Gasteiger partial charge in [-0.25, -0.2) is 0 Å². The van der Waals surface area contributed by atoms with Gasteiger partial charge < -0.3 is 5.32 Å². The standard InChI is InChI=1S/C12H25NO.H2/c1-9(2)10(14)13-12(6,7)8-11(3,4)5;/h9H,8H2,1-7H3,(H,13,14);1H. The molecule has 0 aromatic carbocycles. The van der Waals surface area contributed by atoms with Crippen molar-refractivity contribution in [2.45, 2.75) is 60.4 Å². The Morgan fingerprint density at radius 3 is 1.93 bits per heavy atom.